The van der Waals surface area contributed by atoms with Crippen LogP contribution in [0.15, 0.2) is 16.6 Å². The molecule has 1 aromatic carbocycles. The minimum absolute atomic E-state index is 0.169. The van der Waals surface area contributed by atoms with Crippen LogP contribution in [0.5, 0.6) is 0 Å². The molecule has 0 aliphatic heterocycles. The lowest BCUT2D eigenvalue weighted by atomic mass is 10.0. The molecule has 0 saturated heterocycles. The summed E-state index contributed by atoms with van der Waals surface area (Å²) in [5.74, 6) is -1.32. The van der Waals surface area contributed by atoms with Crippen molar-refractivity contribution in [1.29, 1.82) is 0 Å². The van der Waals surface area contributed by atoms with Crippen molar-refractivity contribution in [2.24, 2.45) is 5.73 Å². The summed E-state index contributed by atoms with van der Waals surface area (Å²) >= 11 is 3.05. The van der Waals surface area contributed by atoms with E-state index in [1.54, 1.807) is 13.0 Å². The molecule has 1 rings (SSSR count). The lowest BCUT2D eigenvalue weighted by Gasteiger charge is -2.11. The van der Waals surface area contributed by atoms with Crippen molar-refractivity contribution in [2.75, 3.05) is 0 Å². The standard InChI is InChI=1S/C10H11BrFNO2/c1-5-2-6(3-7(11)10(5)12)8(13)4-9(14)15/h2-3,8H,4,13H2,1H3,(H,14,15). The van der Waals surface area contributed by atoms with Crippen molar-refractivity contribution in [3.8, 4) is 0 Å². The zero-order chi connectivity index (χ0) is 11.6. The van der Waals surface area contributed by atoms with Gasteiger partial charge < -0.3 is 10.8 Å². The number of nitrogens with two attached hydrogens (primary N) is 1. The van der Waals surface area contributed by atoms with Crippen LogP contribution in [-0.4, -0.2) is 11.1 Å². The largest absolute Gasteiger partial charge is 0.481 e. The highest BCUT2D eigenvalue weighted by Gasteiger charge is 2.13. The lowest BCUT2D eigenvalue weighted by Crippen LogP contribution is -2.15. The Morgan fingerprint density at radius 2 is 2.27 bits per heavy atom. The second kappa shape index (κ2) is 4.72. The van der Waals surface area contributed by atoms with E-state index in [1.165, 1.54) is 6.07 Å². The third kappa shape index (κ3) is 3.00. The number of hydrogen-bond donors (Lipinski definition) is 2. The van der Waals surface area contributed by atoms with Crippen molar-refractivity contribution >= 4 is 21.9 Å². The minimum atomic E-state index is -0.972. The zero-order valence-corrected chi connectivity index (χ0v) is 9.71. The monoisotopic (exact) mass is 275 g/mol. The Bertz CT molecular complexity index is 372. The molecular formula is C10H11BrFNO2. The number of aliphatic carboxylic acids is 1. The number of carboxylic acids is 1. The molecule has 82 valence electrons. The summed E-state index contributed by atoms with van der Waals surface area (Å²) in [6.07, 6.45) is -0.169. The number of carbonyl (C=O) groups is 1. The number of benzene rings is 1. The third-order valence-corrected chi connectivity index (χ3v) is 2.63. The fraction of sp³-hybridized carbons (Fsp3) is 0.300. The molecule has 15 heavy (non-hydrogen) atoms. The Kier molecular flexibility index (Phi) is 3.82. The van der Waals surface area contributed by atoms with Gasteiger partial charge in [-0.15, -0.1) is 0 Å². The first-order valence-electron chi connectivity index (χ1n) is 4.34. The molecular weight excluding hydrogens is 265 g/mol. The molecule has 3 N–H and O–H groups in total. The summed E-state index contributed by atoms with van der Waals surface area (Å²) < 4.78 is 13.5. The van der Waals surface area contributed by atoms with E-state index in [1.807, 2.05) is 0 Å². The predicted molar refractivity (Wildman–Crippen MR) is 58.0 cm³/mol. The second-order valence-electron chi connectivity index (χ2n) is 3.34. The molecule has 0 amide bonds. The van der Waals surface area contributed by atoms with Gasteiger partial charge in [0.25, 0.3) is 0 Å². The molecule has 0 fully saturated rings. The van der Waals surface area contributed by atoms with E-state index in [2.05, 4.69) is 15.9 Å². The van der Waals surface area contributed by atoms with Crippen LogP contribution in [0.4, 0.5) is 4.39 Å². The number of aryl methyl sites for hydroxylation is 1. The van der Waals surface area contributed by atoms with Crippen LogP contribution in [0, 0.1) is 12.7 Å². The Morgan fingerprint density at radius 3 is 2.73 bits per heavy atom. The van der Waals surface area contributed by atoms with Crippen LogP contribution in [0.2, 0.25) is 0 Å². The molecule has 0 heterocycles. The fourth-order valence-corrected chi connectivity index (χ4v) is 1.85. The highest BCUT2D eigenvalue weighted by atomic mass is 79.9. The van der Waals surface area contributed by atoms with Crippen molar-refractivity contribution < 1.29 is 14.3 Å². The van der Waals surface area contributed by atoms with Crippen LogP contribution in [-0.2, 0) is 4.79 Å². The maximum atomic E-state index is 13.2. The van der Waals surface area contributed by atoms with Gasteiger partial charge in [-0.25, -0.2) is 4.39 Å². The van der Waals surface area contributed by atoms with E-state index in [9.17, 15) is 9.18 Å². The van der Waals surface area contributed by atoms with Crippen molar-refractivity contribution in [3.63, 3.8) is 0 Å². The summed E-state index contributed by atoms with van der Waals surface area (Å²) in [6, 6.07) is 2.46. The molecule has 0 radical (unpaired) electrons. The predicted octanol–water partition coefficient (Wildman–Crippen LogP) is 2.37. The molecule has 0 aliphatic carbocycles. The number of carboxylic acid groups (broad SMARTS) is 1. The average molecular weight is 276 g/mol. The molecule has 1 unspecified atom stereocenters. The first-order chi connectivity index (χ1) is 6.91. The van der Waals surface area contributed by atoms with Crippen molar-refractivity contribution in [1.82, 2.24) is 0 Å². The van der Waals surface area contributed by atoms with Gasteiger partial charge in [-0.05, 0) is 40.0 Å². The van der Waals surface area contributed by atoms with Crippen LogP contribution >= 0.6 is 15.9 Å². The summed E-state index contributed by atoms with van der Waals surface area (Å²) in [4.78, 5) is 10.5. The van der Waals surface area contributed by atoms with E-state index in [4.69, 9.17) is 10.8 Å². The molecule has 0 bridgehead atoms. The quantitative estimate of drug-likeness (QED) is 0.890. The van der Waals surface area contributed by atoms with Crippen LogP contribution in [0.1, 0.15) is 23.6 Å². The van der Waals surface area contributed by atoms with E-state index >= 15 is 0 Å². The zero-order valence-electron chi connectivity index (χ0n) is 8.13. The van der Waals surface area contributed by atoms with E-state index in [-0.39, 0.29) is 12.2 Å². The Morgan fingerprint density at radius 1 is 1.67 bits per heavy atom. The molecule has 1 aromatic rings. The van der Waals surface area contributed by atoms with Gasteiger partial charge in [-0.2, -0.15) is 0 Å². The Labute approximate surface area is 95.2 Å². The van der Waals surface area contributed by atoms with Gasteiger partial charge in [0, 0.05) is 6.04 Å². The van der Waals surface area contributed by atoms with Gasteiger partial charge in [0.05, 0.1) is 10.9 Å². The SMILES string of the molecule is Cc1cc(C(N)CC(=O)O)cc(Br)c1F. The van der Waals surface area contributed by atoms with Gasteiger partial charge >= 0.3 is 5.97 Å². The van der Waals surface area contributed by atoms with Crippen molar-refractivity contribution in [3.05, 3.63) is 33.5 Å². The summed E-state index contributed by atoms with van der Waals surface area (Å²) in [7, 11) is 0. The van der Waals surface area contributed by atoms with Crippen LogP contribution in [0.3, 0.4) is 0 Å². The number of hydrogen-bond acceptors (Lipinski definition) is 2. The molecule has 1 atom stereocenters. The first kappa shape index (κ1) is 12.1. The number of halogens is 2. The number of rotatable bonds is 3. The van der Waals surface area contributed by atoms with Gasteiger partial charge in [-0.3, -0.25) is 4.79 Å². The molecule has 3 nitrogen and oxygen atoms in total. The summed E-state index contributed by atoms with van der Waals surface area (Å²) in [5.41, 5.74) is 6.72. The maximum Gasteiger partial charge on any atom is 0.305 e. The fourth-order valence-electron chi connectivity index (χ4n) is 1.27. The smallest absolute Gasteiger partial charge is 0.305 e. The van der Waals surface area contributed by atoms with Crippen LogP contribution in [0.25, 0.3) is 0 Å². The summed E-state index contributed by atoms with van der Waals surface area (Å²) in [5, 5.41) is 8.57. The highest BCUT2D eigenvalue weighted by molar-refractivity contribution is 9.10. The topological polar surface area (TPSA) is 63.3 Å². The Hall–Kier alpha value is -0.940. The first-order valence-corrected chi connectivity index (χ1v) is 5.14. The molecule has 5 heteroatoms. The van der Waals surface area contributed by atoms with Crippen molar-refractivity contribution in [2.45, 2.75) is 19.4 Å². The van der Waals surface area contributed by atoms with E-state index < -0.39 is 12.0 Å². The van der Waals surface area contributed by atoms with Gasteiger partial charge in [-0.1, -0.05) is 6.07 Å². The summed E-state index contributed by atoms with van der Waals surface area (Å²) in [6.45, 7) is 1.61. The maximum absolute atomic E-state index is 13.2. The van der Waals surface area contributed by atoms with Gasteiger partial charge in [0.2, 0.25) is 0 Å². The van der Waals surface area contributed by atoms with Gasteiger partial charge in [0.1, 0.15) is 5.82 Å². The van der Waals surface area contributed by atoms with Gasteiger partial charge in [0.15, 0.2) is 0 Å². The molecule has 0 spiro atoms. The molecule has 0 aromatic heterocycles. The van der Waals surface area contributed by atoms with E-state index in [0.717, 1.165) is 0 Å². The molecule has 0 saturated carbocycles. The highest BCUT2D eigenvalue weighted by Crippen LogP contribution is 2.24. The Balaban J connectivity index is 3.00. The van der Waals surface area contributed by atoms with E-state index in [0.29, 0.717) is 15.6 Å². The average Bonchev–Trinajstić information content (AvgIpc) is 2.12. The normalized spacial score (nSPS) is 12.5. The van der Waals surface area contributed by atoms with Crippen LogP contribution < -0.4 is 5.73 Å². The molecule has 0 aliphatic rings. The minimum Gasteiger partial charge on any atom is -0.481 e. The lowest BCUT2D eigenvalue weighted by molar-refractivity contribution is -0.137. The second-order valence-corrected chi connectivity index (χ2v) is 4.19. The third-order valence-electron chi connectivity index (χ3n) is 2.06.